The molecule has 1 fully saturated rings. The van der Waals surface area contributed by atoms with E-state index in [0.29, 0.717) is 0 Å². The van der Waals surface area contributed by atoms with Crippen molar-refractivity contribution in [3.05, 3.63) is 170 Å². The number of ether oxygens (including phenoxy) is 1. The van der Waals surface area contributed by atoms with E-state index in [9.17, 15) is 53.8 Å². The van der Waals surface area contributed by atoms with Crippen molar-refractivity contribution in [1.82, 2.24) is 0 Å². The Labute approximate surface area is 373 Å². The first kappa shape index (κ1) is 56.5. The lowest BCUT2D eigenvalue weighted by Gasteiger charge is -1.98. The first-order chi connectivity index (χ1) is 30.7. The number of carbonyl (C=O) groups excluding carboxylic acids is 3. The van der Waals surface area contributed by atoms with Gasteiger partial charge in [0.1, 0.15) is 0 Å². The predicted octanol–water partition coefficient (Wildman–Crippen LogP) is 5.49. The Bertz CT molecular complexity index is 2030. The zero-order valence-corrected chi connectivity index (χ0v) is 34.3. The minimum atomic E-state index is -1.42. The molecule has 1 aliphatic rings. The van der Waals surface area contributed by atoms with Crippen LogP contribution < -0.4 is 33.2 Å². The number of rotatable bonds is 9. The number of nitrogens with two attached hydrogens (primary N) is 3. The number of nitro groups is 2. The van der Waals surface area contributed by atoms with Crippen LogP contribution in [-0.2, 0) is 4.74 Å². The number of non-ortho nitro benzene ring substituents is 2. The summed E-state index contributed by atoms with van der Waals surface area (Å²) in [7, 11) is 0. The number of carboxylic acids is 4. The Morgan fingerprint density at radius 1 is 0.455 bits per heavy atom. The lowest BCUT2D eigenvalue weighted by Crippen LogP contribution is -2.18. The highest BCUT2D eigenvalue weighted by molar-refractivity contribution is 5.96. The summed E-state index contributed by atoms with van der Waals surface area (Å²) in [5, 5.41) is 62.4. The minimum Gasteiger partial charge on any atom is -0.478 e. The van der Waals surface area contributed by atoms with Crippen LogP contribution in [0.1, 0.15) is 54.3 Å². The molecule has 1 saturated heterocycles. The first-order valence-electron chi connectivity index (χ1n) is 18.1. The van der Waals surface area contributed by atoms with E-state index < -0.39 is 85.4 Å². The minimum absolute atomic E-state index is 0. The van der Waals surface area contributed by atoms with Gasteiger partial charge in [-0.1, -0.05) is 54.6 Å². The molecule has 0 unspecified atom stereocenters. The van der Waals surface area contributed by atoms with E-state index in [1.54, 1.807) is 36.4 Å². The van der Waals surface area contributed by atoms with Crippen LogP contribution >= 0.6 is 0 Å². The van der Waals surface area contributed by atoms with Crippen LogP contribution in [0.3, 0.4) is 0 Å². The summed E-state index contributed by atoms with van der Waals surface area (Å²) in [5.41, 5.74) is 13.9. The van der Waals surface area contributed by atoms with E-state index in [-0.39, 0.29) is 5.48 Å². The van der Waals surface area contributed by atoms with Crippen molar-refractivity contribution in [1.29, 1.82) is 0 Å². The van der Waals surface area contributed by atoms with Crippen LogP contribution in [-0.4, -0.2) is 90.9 Å². The number of nitrogens with one attached hydrogen (secondary N) is 3. The molecule has 1 aliphatic heterocycles. The zero-order valence-electron chi connectivity index (χ0n) is 34.3. The van der Waals surface area contributed by atoms with Gasteiger partial charge < -0.3 is 63.8 Å². The van der Waals surface area contributed by atoms with Crippen LogP contribution in [0.5, 0.6) is 0 Å². The van der Waals surface area contributed by atoms with Gasteiger partial charge >= 0.3 is 42.0 Å². The fraction of sp³-hybridized carbons (Fsp3) is 0.0976. The molecule has 5 aromatic rings. The molecule has 0 radical (unpaired) electrons. The molecule has 350 valence electrons. The fourth-order valence-electron chi connectivity index (χ4n) is 4.43. The van der Waals surface area contributed by atoms with Crippen LogP contribution in [0, 0.1) is 20.2 Å². The lowest BCUT2D eigenvalue weighted by molar-refractivity contribution is -0.385. The number of para-hydroxylation sites is 3. The van der Waals surface area contributed by atoms with Gasteiger partial charge in [0, 0.05) is 54.5 Å². The molecule has 0 aromatic heterocycles. The van der Waals surface area contributed by atoms with Crippen molar-refractivity contribution in [2.24, 2.45) is 17.2 Å². The molecule has 0 spiro atoms. The second kappa shape index (κ2) is 30.5. The molecule has 5 aromatic carbocycles. The standard InChI is InChI=1S/2C8H5NO6.3C7H8N2O.C4H8O.H2O/c2*10-7(11)4-1-5(8(12)13)3-6(2-4)9(14)15;3*8-7(10)9-6-4-2-1-3-5-6;1-2-4-5-3-1;/h2*1-3H,(H,10,11)(H,12,13);3*1-5H,(H3,8,9,10);1-4H2;1H2. The second-order valence-corrected chi connectivity index (χ2v) is 12.2. The van der Waals surface area contributed by atoms with Gasteiger partial charge in [-0.05, 0) is 61.4 Å². The molecule has 66 heavy (non-hydrogen) atoms. The highest BCUT2D eigenvalue weighted by Gasteiger charge is 2.18. The van der Waals surface area contributed by atoms with Crippen LogP contribution in [0.15, 0.2) is 127 Å². The summed E-state index contributed by atoms with van der Waals surface area (Å²) in [6, 6.07) is 30.5. The molecule has 0 saturated carbocycles. The summed E-state index contributed by atoms with van der Waals surface area (Å²) in [6.45, 7) is 2.00. The zero-order chi connectivity index (χ0) is 48.9. The van der Waals surface area contributed by atoms with Gasteiger partial charge in [-0.2, -0.15) is 0 Å². The quantitative estimate of drug-likeness (QED) is 0.0645. The Hall–Kier alpha value is -9.49. The molecular formula is C41H44N8O17. The molecule has 6 amide bonds. The van der Waals surface area contributed by atoms with Gasteiger partial charge in [0.2, 0.25) is 0 Å². The van der Waals surface area contributed by atoms with Crippen LogP contribution in [0.2, 0.25) is 0 Å². The van der Waals surface area contributed by atoms with Crippen molar-refractivity contribution in [2.45, 2.75) is 12.8 Å². The first-order valence-corrected chi connectivity index (χ1v) is 18.1. The average Bonchev–Trinajstić information content (AvgIpc) is 3.86. The normalized spacial score (nSPS) is 10.2. The van der Waals surface area contributed by atoms with Crippen molar-refractivity contribution in [3.63, 3.8) is 0 Å². The van der Waals surface area contributed by atoms with Crippen molar-refractivity contribution in [3.8, 4) is 0 Å². The van der Waals surface area contributed by atoms with Gasteiger partial charge in [-0.15, -0.1) is 0 Å². The summed E-state index contributed by atoms with van der Waals surface area (Å²) >= 11 is 0. The topological polar surface area (TPSA) is 442 Å². The van der Waals surface area contributed by atoms with E-state index in [0.717, 1.165) is 66.7 Å². The largest absolute Gasteiger partial charge is 0.478 e. The smallest absolute Gasteiger partial charge is 0.335 e. The average molecular weight is 921 g/mol. The predicted molar refractivity (Wildman–Crippen MR) is 237 cm³/mol. The van der Waals surface area contributed by atoms with Crippen molar-refractivity contribution >= 4 is 70.4 Å². The van der Waals surface area contributed by atoms with Gasteiger partial charge in [0.25, 0.3) is 11.4 Å². The number of hydrogen-bond acceptors (Lipinski definition) is 12. The van der Waals surface area contributed by atoms with Crippen LogP contribution in [0.4, 0.5) is 42.8 Å². The Kier molecular flexibility index (Phi) is 26.1. The molecule has 6 rings (SSSR count). The number of hydrogen-bond donors (Lipinski definition) is 10. The maximum absolute atomic E-state index is 10.5. The molecule has 0 bridgehead atoms. The number of anilines is 3. The summed E-state index contributed by atoms with van der Waals surface area (Å²) in [5.74, 6) is -5.66. The maximum atomic E-state index is 10.5. The van der Waals surface area contributed by atoms with E-state index in [1.165, 1.54) is 12.8 Å². The SMILES string of the molecule is C1CCOC1.NC(=O)Nc1ccccc1.NC(=O)Nc1ccccc1.NC(=O)Nc1ccccc1.O.O=C(O)c1cc(C(=O)O)cc([N+](=O)[O-])c1.O=C(O)c1cc(C(=O)O)cc([N+](=O)[O-])c1. The number of urea groups is 3. The van der Waals surface area contributed by atoms with Gasteiger partial charge in [0.15, 0.2) is 0 Å². The molecule has 0 atom stereocenters. The van der Waals surface area contributed by atoms with E-state index in [1.807, 2.05) is 54.6 Å². The Morgan fingerprint density at radius 3 is 0.833 bits per heavy atom. The van der Waals surface area contributed by atoms with Crippen molar-refractivity contribution in [2.75, 3.05) is 29.2 Å². The number of benzene rings is 5. The Balaban J connectivity index is 0.000000784. The van der Waals surface area contributed by atoms with Crippen molar-refractivity contribution < 1.29 is 74.0 Å². The third kappa shape index (κ3) is 24.7. The summed E-state index contributed by atoms with van der Waals surface area (Å²) < 4.78 is 4.94. The maximum Gasteiger partial charge on any atom is 0.335 e. The van der Waals surface area contributed by atoms with E-state index >= 15 is 0 Å². The molecule has 0 aliphatic carbocycles. The highest BCUT2D eigenvalue weighted by atomic mass is 16.6. The van der Waals surface area contributed by atoms with Gasteiger partial charge in [0.05, 0.1) is 32.1 Å². The molecule has 1 heterocycles. The third-order valence-electron chi connectivity index (χ3n) is 7.20. The third-order valence-corrected chi connectivity index (χ3v) is 7.20. The molecule has 25 heteroatoms. The number of nitro benzene ring substituents is 2. The molecule has 25 nitrogen and oxygen atoms in total. The van der Waals surface area contributed by atoms with E-state index in [2.05, 4.69) is 16.0 Å². The number of amides is 6. The fourth-order valence-corrected chi connectivity index (χ4v) is 4.43. The highest BCUT2D eigenvalue weighted by Crippen LogP contribution is 2.18. The van der Waals surface area contributed by atoms with Gasteiger partial charge in [-0.3, -0.25) is 20.2 Å². The number of carbonyl (C=O) groups is 7. The molecular weight excluding hydrogens is 876 g/mol. The number of carboxylic acid groups (broad SMARTS) is 4. The molecule has 15 N–H and O–H groups in total. The monoisotopic (exact) mass is 920 g/mol. The van der Waals surface area contributed by atoms with Crippen LogP contribution in [0.25, 0.3) is 0 Å². The Morgan fingerprint density at radius 2 is 0.682 bits per heavy atom. The summed E-state index contributed by atoms with van der Waals surface area (Å²) in [4.78, 5) is 92.0. The summed E-state index contributed by atoms with van der Waals surface area (Å²) in [6.07, 6.45) is 2.56. The van der Waals surface area contributed by atoms with E-state index in [4.69, 9.17) is 42.4 Å². The second-order valence-electron chi connectivity index (χ2n) is 12.2. The van der Waals surface area contributed by atoms with Gasteiger partial charge in [-0.25, -0.2) is 33.6 Å². The number of primary amides is 3. The lowest BCUT2D eigenvalue weighted by atomic mass is 10.1. The number of aromatic carboxylic acids is 4. The number of nitrogens with zero attached hydrogens (tertiary/aromatic N) is 2.